The van der Waals surface area contributed by atoms with Crippen molar-refractivity contribution in [2.75, 3.05) is 19.8 Å². The number of benzene rings is 1. The Morgan fingerprint density at radius 1 is 1.41 bits per heavy atom. The van der Waals surface area contributed by atoms with Crippen molar-refractivity contribution < 1.29 is 19.0 Å². The van der Waals surface area contributed by atoms with Gasteiger partial charge in [0, 0.05) is 6.42 Å². The Morgan fingerprint density at radius 2 is 2.12 bits per heavy atom. The van der Waals surface area contributed by atoms with Gasteiger partial charge in [0.1, 0.15) is 5.75 Å². The van der Waals surface area contributed by atoms with Gasteiger partial charge >= 0.3 is 5.97 Å². The van der Waals surface area contributed by atoms with Crippen LogP contribution in [0.4, 0.5) is 0 Å². The largest absolute Gasteiger partial charge is 0.493 e. The lowest BCUT2D eigenvalue weighted by atomic mass is 10.2. The van der Waals surface area contributed by atoms with E-state index in [2.05, 4.69) is 0 Å². The predicted octanol–water partition coefficient (Wildman–Crippen LogP) is 2.03. The maximum absolute atomic E-state index is 11.4. The number of hydrogen-bond acceptors (Lipinski definition) is 4. The highest BCUT2D eigenvalue weighted by atomic mass is 16.6. The Kier molecular flexibility index (Phi) is 3.98. The number of carbonyl (C=O) groups is 1. The van der Waals surface area contributed by atoms with Gasteiger partial charge in [0.25, 0.3) is 0 Å². The molecule has 1 aromatic rings. The molecule has 1 unspecified atom stereocenters. The van der Waals surface area contributed by atoms with Crippen LogP contribution >= 0.6 is 0 Å². The van der Waals surface area contributed by atoms with Crippen LogP contribution in [0.5, 0.6) is 5.75 Å². The fourth-order valence-electron chi connectivity index (χ4n) is 1.44. The van der Waals surface area contributed by atoms with Crippen molar-refractivity contribution in [2.45, 2.75) is 19.4 Å². The molecule has 0 N–H and O–H groups in total. The second-order valence-electron chi connectivity index (χ2n) is 3.84. The first-order valence-electron chi connectivity index (χ1n) is 5.81. The summed E-state index contributed by atoms with van der Waals surface area (Å²) < 4.78 is 15.5. The van der Waals surface area contributed by atoms with Crippen molar-refractivity contribution in [3.05, 3.63) is 29.8 Å². The van der Waals surface area contributed by atoms with Gasteiger partial charge in [-0.2, -0.15) is 0 Å². The molecular weight excluding hydrogens is 220 g/mol. The SMILES string of the molecule is CCOC(=O)c1ccc(OCCC2CO2)cc1. The number of carbonyl (C=O) groups excluding carboxylic acids is 1. The van der Waals surface area contributed by atoms with Gasteiger partial charge in [-0.05, 0) is 31.2 Å². The maximum atomic E-state index is 11.4. The second kappa shape index (κ2) is 5.68. The zero-order valence-corrected chi connectivity index (χ0v) is 9.85. The molecule has 4 heteroatoms. The molecule has 0 radical (unpaired) electrons. The monoisotopic (exact) mass is 236 g/mol. The molecule has 1 aliphatic rings. The first-order valence-corrected chi connectivity index (χ1v) is 5.81. The van der Waals surface area contributed by atoms with Crippen LogP contribution in [0, 0.1) is 0 Å². The van der Waals surface area contributed by atoms with Crippen LogP contribution in [-0.4, -0.2) is 31.9 Å². The zero-order chi connectivity index (χ0) is 12.1. The minimum Gasteiger partial charge on any atom is -0.493 e. The first kappa shape index (κ1) is 11.9. The molecule has 1 aromatic carbocycles. The van der Waals surface area contributed by atoms with Crippen molar-refractivity contribution in [3.8, 4) is 5.75 Å². The van der Waals surface area contributed by atoms with Gasteiger partial charge in [0.2, 0.25) is 0 Å². The van der Waals surface area contributed by atoms with Gasteiger partial charge in [0.05, 0.1) is 31.5 Å². The lowest BCUT2D eigenvalue weighted by Crippen LogP contribution is -2.05. The van der Waals surface area contributed by atoms with Crippen molar-refractivity contribution in [2.24, 2.45) is 0 Å². The molecule has 0 aliphatic carbocycles. The lowest BCUT2D eigenvalue weighted by molar-refractivity contribution is 0.0526. The molecule has 0 spiro atoms. The van der Waals surface area contributed by atoms with Gasteiger partial charge in [-0.15, -0.1) is 0 Å². The van der Waals surface area contributed by atoms with Crippen molar-refractivity contribution in [1.82, 2.24) is 0 Å². The van der Waals surface area contributed by atoms with E-state index in [0.717, 1.165) is 18.8 Å². The standard InChI is InChI=1S/C13H16O4/c1-2-15-13(14)10-3-5-11(6-4-10)16-8-7-12-9-17-12/h3-6,12H,2,7-9H2,1H3. The molecule has 0 bridgehead atoms. The summed E-state index contributed by atoms with van der Waals surface area (Å²) in [6.07, 6.45) is 1.30. The molecule has 0 saturated carbocycles. The van der Waals surface area contributed by atoms with Crippen LogP contribution < -0.4 is 4.74 Å². The van der Waals surface area contributed by atoms with E-state index in [9.17, 15) is 4.79 Å². The van der Waals surface area contributed by atoms with Gasteiger partial charge in [-0.25, -0.2) is 4.79 Å². The maximum Gasteiger partial charge on any atom is 0.338 e. The van der Waals surface area contributed by atoms with E-state index in [4.69, 9.17) is 14.2 Å². The summed E-state index contributed by atoms with van der Waals surface area (Å²) in [6.45, 7) is 3.67. The zero-order valence-electron chi connectivity index (χ0n) is 9.85. The Bertz CT molecular complexity index is 368. The molecule has 1 fully saturated rings. The molecule has 1 atom stereocenters. The summed E-state index contributed by atoms with van der Waals surface area (Å²) in [5.41, 5.74) is 0.546. The fourth-order valence-corrected chi connectivity index (χ4v) is 1.44. The molecule has 17 heavy (non-hydrogen) atoms. The molecule has 1 saturated heterocycles. The Labute approximate surface area is 100 Å². The Hall–Kier alpha value is -1.55. The molecule has 1 aliphatic heterocycles. The molecule has 0 amide bonds. The summed E-state index contributed by atoms with van der Waals surface area (Å²) in [5, 5.41) is 0. The molecule has 1 heterocycles. The third kappa shape index (κ3) is 3.75. The highest BCUT2D eigenvalue weighted by Gasteiger charge is 2.21. The van der Waals surface area contributed by atoms with E-state index in [1.54, 1.807) is 31.2 Å². The van der Waals surface area contributed by atoms with Crippen molar-refractivity contribution in [3.63, 3.8) is 0 Å². The number of hydrogen-bond donors (Lipinski definition) is 0. The van der Waals surface area contributed by atoms with Crippen LogP contribution in [0.2, 0.25) is 0 Å². The highest BCUT2D eigenvalue weighted by molar-refractivity contribution is 5.89. The van der Waals surface area contributed by atoms with Crippen molar-refractivity contribution >= 4 is 5.97 Å². The average molecular weight is 236 g/mol. The summed E-state index contributed by atoms with van der Waals surface area (Å²) >= 11 is 0. The van der Waals surface area contributed by atoms with E-state index < -0.39 is 0 Å². The summed E-state index contributed by atoms with van der Waals surface area (Å²) in [4.78, 5) is 11.4. The van der Waals surface area contributed by atoms with Crippen LogP contribution in [0.15, 0.2) is 24.3 Å². The lowest BCUT2D eigenvalue weighted by Gasteiger charge is -2.06. The van der Waals surface area contributed by atoms with E-state index in [0.29, 0.717) is 24.9 Å². The normalized spacial score (nSPS) is 17.6. The van der Waals surface area contributed by atoms with E-state index in [-0.39, 0.29) is 5.97 Å². The average Bonchev–Trinajstić information content (AvgIpc) is 3.14. The summed E-state index contributed by atoms with van der Waals surface area (Å²) in [7, 11) is 0. The van der Waals surface area contributed by atoms with Crippen LogP contribution in [-0.2, 0) is 9.47 Å². The van der Waals surface area contributed by atoms with Gasteiger partial charge in [-0.1, -0.05) is 0 Å². The number of rotatable bonds is 6. The Balaban J connectivity index is 1.81. The van der Waals surface area contributed by atoms with E-state index in [1.165, 1.54) is 0 Å². The topological polar surface area (TPSA) is 48.1 Å². The minimum absolute atomic E-state index is 0.301. The number of epoxide rings is 1. The predicted molar refractivity (Wildman–Crippen MR) is 62.3 cm³/mol. The minimum atomic E-state index is -0.301. The third-order valence-corrected chi connectivity index (χ3v) is 2.48. The highest BCUT2D eigenvalue weighted by Crippen LogP contribution is 2.16. The van der Waals surface area contributed by atoms with Gasteiger partial charge < -0.3 is 14.2 Å². The first-order chi connectivity index (χ1) is 8.29. The van der Waals surface area contributed by atoms with E-state index in [1.807, 2.05) is 0 Å². The number of esters is 1. The summed E-state index contributed by atoms with van der Waals surface area (Å²) in [6, 6.07) is 6.97. The third-order valence-electron chi connectivity index (χ3n) is 2.48. The summed E-state index contributed by atoms with van der Waals surface area (Å²) in [5.74, 6) is 0.462. The quantitative estimate of drug-likeness (QED) is 0.560. The van der Waals surface area contributed by atoms with E-state index >= 15 is 0 Å². The van der Waals surface area contributed by atoms with Gasteiger partial charge in [-0.3, -0.25) is 0 Å². The molecule has 2 rings (SSSR count). The molecule has 92 valence electrons. The molecule has 4 nitrogen and oxygen atoms in total. The van der Waals surface area contributed by atoms with Crippen molar-refractivity contribution in [1.29, 1.82) is 0 Å². The number of ether oxygens (including phenoxy) is 3. The fraction of sp³-hybridized carbons (Fsp3) is 0.462. The van der Waals surface area contributed by atoms with Crippen LogP contribution in [0.25, 0.3) is 0 Å². The van der Waals surface area contributed by atoms with Crippen LogP contribution in [0.1, 0.15) is 23.7 Å². The Morgan fingerprint density at radius 3 is 2.71 bits per heavy atom. The molecule has 0 aromatic heterocycles. The smallest absolute Gasteiger partial charge is 0.338 e. The second-order valence-corrected chi connectivity index (χ2v) is 3.84. The van der Waals surface area contributed by atoms with Gasteiger partial charge in [0.15, 0.2) is 0 Å². The van der Waals surface area contributed by atoms with Crippen LogP contribution in [0.3, 0.4) is 0 Å². The molecular formula is C13H16O4.